The molecule has 1 aromatic heterocycles. The SMILES string of the molecule is C[C@@H]1C(c2ccc(F)cc2)=NO[C@@H]1C(=O)NC[C@H](C)n1cncn1. The number of aromatic nitrogens is 3. The van der Waals surface area contributed by atoms with Crippen LogP contribution in [0.25, 0.3) is 0 Å². The molecule has 0 aliphatic carbocycles. The molecule has 0 saturated heterocycles. The fraction of sp³-hybridized carbons (Fsp3) is 0.375. The van der Waals surface area contributed by atoms with Gasteiger partial charge in [-0.15, -0.1) is 0 Å². The minimum atomic E-state index is -0.701. The molecule has 0 unspecified atom stereocenters. The van der Waals surface area contributed by atoms with Crippen molar-refractivity contribution in [3.05, 3.63) is 48.3 Å². The van der Waals surface area contributed by atoms with Crippen LogP contribution in [0, 0.1) is 11.7 Å². The van der Waals surface area contributed by atoms with Gasteiger partial charge in [0.2, 0.25) is 6.10 Å². The second kappa shape index (κ2) is 6.77. The van der Waals surface area contributed by atoms with E-state index in [9.17, 15) is 9.18 Å². The molecule has 126 valence electrons. The van der Waals surface area contributed by atoms with E-state index in [4.69, 9.17) is 4.84 Å². The van der Waals surface area contributed by atoms with Crippen molar-refractivity contribution in [1.82, 2.24) is 20.1 Å². The van der Waals surface area contributed by atoms with Gasteiger partial charge in [0.05, 0.1) is 17.7 Å². The third kappa shape index (κ3) is 3.27. The largest absolute Gasteiger partial charge is 0.381 e. The summed E-state index contributed by atoms with van der Waals surface area (Å²) in [5.41, 5.74) is 1.38. The molecule has 1 aliphatic heterocycles. The maximum Gasteiger partial charge on any atom is 0.264 e. The van der Waals surface area contributed by atoms with Gasteiger partial charge in [0.25, 0.3) is 5.91 Å². The van der Waals surface area contributed by atoms with Crippen LogP contribution in [0.15, 0.2) is 42.1 Å². The van der Waals surface area contributed by atoms with E-state index in [-0.39, 0.29) is 23.7 Å². The van der Waals surface area contributed by atoms with Crippen molar-refractivity contribution in [2.24, 2.45) is 11.1 Å². The Morgan fingerprint density at radius 2 is 2.17 bits per heavy atom. The third-order valence-electron chi connectivity index (χ3n) is 4.01. The molecule has 1 aliphatic rings. The van der Waals surface area contributed by atoms with Crippen molar-refractivity contribution < 1.29 is 14.0 Å². The van der Waals surface area contributed by atoms with E-state index in [1.807, 2.05) is 13.8 Å². The zero-order valence-corrected chi connectivity index (χ0v) is 13.4. The number of amides is 1. The Hall–Kier alpha value is -2.77. The standard InChI is InChI=1S/C16H18FN5O2/c1-10(22-9-18-8-20-22)7-19-16(23)15-11(2)14(21-24-15)12-3-5-13(17)6-4-12/h3-6,8-11,15H,7H2,1-2H3,(H,19,23)/t10-,11+,15-/m0/s1. The molecule has 1 aromatic carbocycles. The zero-order valence-electron chi connectivity index (χ0n) is 13.4. The molecule has 1 N–H and O–H groups in total. The fourth-order valence-electron chi connectivity index (χ4n) is 2.53. The number of oxime groups is 1. The molecular weight excluding hydrogens is 313 g/mol. The summed E-state index contributed by atoms with van der Waals surface area (Å²) in [6, 6.07) is 5.95. The summed E-state index contributed by atoms with van der Waals surface area (Å²) in [6.45, 7) is 4.19. The van der Waals surface area contributed by atoms with Gasteiger partial charge in [0.15, 0.2) is 0 Å². The summed E-state index contributed by atoms with van der Waals surface area (Å²) < 4.78 is 14.7. The Balaban J connectivity index is 1.58. The normalized spacial score (nSPS) is 21.0. The Kier molecular flexibility index (Phi) is 4.54. The number of benzene rings is 1. The van der Waals surface area contributed by atoms with E-state index >= 15 is 0 Å². The molecule has 0 spiro atoms. The topological polar surface area (TPSA) is 81.4 Å². The lowest BCUT2D eigenvalue weighted by atomic mass is 9.94. The second-order valence-electron chi connectivity index (χ2n) is 5.77. The van der Waals surface area contributed by atoms with Crippen LogP contribution >= 0.6 is 0 Å². The van der Waals surface area contributed by atoms with Gasteiger partial charge < -0.3 is 10.2 Å². The number of hydrogen-bond donors (Lipinski definition) is 1. The molecule has 0 saturated carbocycles. The molecule has 3 rings (SSSR count). The number of rotatable bonds is 5. The van der Waals surface area contributed by atoms with Gasteiger partial charge in [-0.25, -0.2) is 14.1 Å². The fourth-order valence-corrected chi connectivity index (χ4v) is 2.53. The predicted molar refractivity (Wildman–Crippen MR) is 84.7 cm³/mol. The molecule has 1 amide bonds. The van der Waals surface area contributed by atoms with Crippen LogP contribution in [0.4, 0.5) is 4.39 Å². The summed E-state index contributed by atoms with van der Waals surface area (Å²) in [4.78, 5) is 21.5. The van der Waals surface area contributed by atoms with E-state index < -0.39 is 6.10 Å². The lowest BCUT2D eigenvalue weighted by Crippen LogP contribution is -2.41. The van der Waals surface area contributed by atoms with Crippen LogP contribution in [-0.4, -0.2) is 39.0 Å². The summed E-state index contributed by atoms with van der Waals surface area (Å²) in [5, 5.41) is 10.9. The van der Waals surface area contributed by atoms with E-state index in [2.05, 4.69) is 20.6 Å². The Labute approximate surface area is 138 Å². The monoisotopic (exact) mass is 331 g/mol. The number of halogens is 1. The Morgan fingerprint density at radius 3 is 2.83 bits per heavy atom. The van der Waals surface area contributed by atoms with Gasteiger partial charge in [-0.2, -0.15) is 5.10 Å². The first-order chi connectivity index (χ1) is 11.6. The smallest absolute Gasteiger partial charge is 0.264 e. The van der Waals surface area contributed by atoms with Crippen LogP contribution in [0.1, 0.15) is 25.5 Å². The van der Waals surface area contributed by atoms with Crippen LogP contribution < -0.4 is 5.32 Å². The highest BCUT2D eigenvalue weighted by Crippen LogP contribution is 2.23. The van der Waals surface area contributed by atoms with Gasteiger partial charge in [-0.1, -0.05) is 24.2 Å². The van der Waals surface area contributed by atoms with Gasteiger partial charge >= 0.3 is 0 Å². The number of nitrogens with one attached hydrogen (secondary N) is 1. The van der Waals surface area contributed by atoms with E-state index in [1.54, 1.807) is 23.1 Å². The highest BCUT2D eigenvalue weighted by molar-refractivity contribution is 6.05. The molecule has 24 heavy (non-hydrogen) atoms. The van der Waals surface area contributed by atoms with Crippen molar-refractivity contribution in [3.63, 3.8) is 0 Å². The number of carbonyl (C=O) groups is 1. The molecular formula is C16H18FN5O2. The van der Waals surface area contributed by atoms with Crippen molar-refractivity contribution in [3.8, 4) is 0 Å². The van der Waals surface area contributed by atoms with E-state index in [0.29, 0.717) is 12.3 Å². The molecule has 0 fully saturated rings. The highest BCUT2D eigenvalue weighted by atomic mass is 19.1. The molecule has 8 heteroatoms. The number of hydrogen-bond acceptors (Lipinski definition) is 5. The van der Waals surface area contributed by atoms with Crippen molar-refractivity contribution in [1.29, 1.82) is 0 Å². The lowest BCUT2D eigenvalue weighted by molar-refractivity contribution is -0.132. The Bertz CT molecular complexity index is 729. The predicted octanol–water partition coefficient (Wildman–Crippen LogP) is 1.53. The molecule has 0 radical (unpaired) electrons. The minimum Gasteiger partial charge on any atom is -0.381 e. The second-order valence-corrected chi connectivity index (χ2v) is 5.77. The maximum absolute atomic E-state index is 13.0. The first kappa shape index (κ1) is 16.1. The third-order valence-corrected chi connectivity index (χ3v) is 4.01. The van der Waals surface area contributed by atoms with Gasteiger partial charge in [-0.3, -0.25) is 4.79 Å². The molecule has 3 atom stereocenters. The van der Waals surface area contributed by atoms with Crippen LogP contribution in [0.5, 0.6) is 0 Å². The van der Waals surface area contributed by atoms with Gasteiger partial charge in [0, 0.05) is 6.54 Å². The summed E-state index contributed by atoms with van der Waals surface area (Å²) in [7, 11) is 0. The first-order valence-electron chi connectivity index (χ1n) is 7.67. The molecule has 2 aromatic rings. The van der Waals surface area contributed by atoms with Crippen LogP contribution in [0.2, 0.25) is 0 Å². The van der Waals surface area contributed by atoms with E-state index in [0.717, 1.165) is 5.56 Å². The minimum absolute atomic E-state index is 0.0225. The van der Waals surface area contributed by atoms with Crippen LogP contribution in [-0.2, 0) is 9.63 Å². The maximum atomic E-state index is 13.0. The van der Waals surface area contributed by atoms with E-state index in [1.165, 1.54) is 18.5 Å². The molecule has 7 nitrogen and oxygen atoms in total. The first-order valence-corrected chi connectivity index (χ1v) is 7.67. The summed E-state index contributed by atoms with van der Waals surface area (Å²) in [5.74, 6) is -0.783. The molecule has 2 heterocycles. The zero-order chi connectivity index (χ0) is 17.1. The summed E-state index contributed by atoms with van der Waals surface area (Å²) in [6.07, 6.45) is 2.35. The quantitative estimate of drug-likeness (QED) is 0.901. The van der Waals surface area contributed by atoms with Crippen molar-refractivity contribution >= 4 is 11.6 Å². The lowest BCUT2D eigenvalue weighted by Gasteiger charge is -2.17. The van der Waals surface area contributed by atoms with Gasteiger partial charge in [-0.05, 0) is 24.6 Å². The average molecular weight is 331 g/mol. The Morgan fingerprint density at radius 1 is 1.42 bits per heavy atom. The van der Waals surface area contributed by atoms with Crippen molar-refractivity contribution in [2.45, 2.75) is 26.0 Å². The molecule has 0 bridgehead atoms. The average Bonchev–Trinajstić information content (AvgIpc) is 3.23. The number of carbonyl (C=O) groups excluding carboxylic acids is 1. The van der Waals surface area contributed by atoms with Crippen LogP contribution in [0.3, 0.4) is 0 Å². The number of nitrogens with zero attached hydrogens (tertiary/aromatic N) is 4. The van der Waals surface area contributed by atoms with Gasteiger partial charge in [0.1, 0.15) is 18.5 Å². The highest BCUT2D eigenvalue weighted by Gasteiger charge is 2.36. The van der Waals surface area contributed by atoms with Crippen molar-refractivity contribution in [2.75, 3.05) is 6.54 Å². The summed E-state index contributed by atoms with van der Waals surface area (Å²) >= 11 is 0.